The van der Waals surface area contributed by atoms with Crippen LogP contribution in [0.1, 0.15) is 13.8 Å². The van der Waals surface area contributed by atoms with Gasteiger partial charge in [0.05, 0.1) is 6.61 Å². The zero-order valence-electron chi connectivity index (χ0n) is 10.3. The van der Waals surface area contributed by atoms with Crippen LogP contribution in [0.2, 0.25) is 0 Å². The highest BCUT2D eigenvalue weighted by Gasteiger charge is 2.01. The van der Waals surface area contributed by atoms with Gasteiger partial charge in [0.25, 0.3) is 0 Å². The molecule has 0 aromatic carbocycles. The predicted molar refractivity (Wildman–Crippen MR) is 67.1 cm³/mol. The molecule has 2 heteroatoms. The molecule has 0 amide bonds. The molecule has 0 heterocycles. The number of methoxy groups -OCH3 is 1. The lowest BCUT2D eigenvalue weighted by Gasteiger charge is -2.19. The standard InChI is InChI=1S/C13H23NO/c1-6-14(9-10-15-5)11-13(4)8-7-12(2)3/h7-8H,2,4,6,9-11H2,1,3,5H3/b8-7-. The first-order valence-corrected chi connectivity index (χ1v) is 5.32. The van der Waals surface area contributed by atoms with E-state index in [1.165, 1.54) is 0 Å². The molecular formula is C13H23NO. The summed E-state index contributed by atoms with van der Waals surface area (Å²) in [5, 5.41) is 0. The third kappa shape index (κ3) is 8.16. The van der Waals surface area contributed by atoms with Gasteiger partial charge in [-0.2, -0.15) is 0 Å². The molecule has 0 unspecified atom stereocenters. The van der Waals surface area contributed by atoms with E-state index >= 15 is 0 Å². The van der Waals surface area contributed by atoms with Crippen molar-refractivity contribution in [1.82, 2.24) is 4.90 Å². The van der Waals surface area contributed by atoms with E-state index in [1.807, 2.05) is 19.1 Å². The van der Waals surface area contributed by atoms with E-state index in [1.54, 1.807) is 7.11 Å². The predicted octanol–water partition coefficient (Wildman–Crippen LogP) is 2.64. The van der Waals surface area contributed by atoms with Crippen molar-refractivity contribution in [2.24, 2.45) is 0 Å². The fourth-order valence-electron chi connectivity index (χ4n) is 1.17. The second-order valence-corrected chi connectivity index (χ2v) is 3.70. The lowest BCUT2D eigenvalue weighted by atomic mass is 10.2. The third-order valence-corrected chi connectivity index (χ3v) is 2.09. The van der Waals surface area contributed by atoms with Crippen molar-refractivity contribution in [2.45, 2.75) is 13.8 Å². The quantitative estimate of drug-likeness (QED) is 0.570. The topological polar surface area (TPSA) is 12.5 Å². The van der Waals surface area contributed by atoms with Crippen molar-refractivity contribution in [3.8, 4) is 0 Å². The number of allylic oxidation sites excluding steroid dienone is 2. The fraction of sp³-hybridized carbons (Fsp3) is 0.538. The maximum atomic E-state index is 5.05. The molecule has 0 atom stereocenters. The molecule has 86 valence electrons. The van der Waals surface area contributed by atoms with E-state index in [0.717, 1.165) is 37.4 Å². The van der Waals surface area contributed by atoms with E-state index in [-0.39, 0.29) is 0 Å². The van der Waals surface area contributed by atoms with Crippen LogP contribution in [0, 0.1) is 0 Å². The van der Waals surface area contributed by atoms with Crippen molar-refractivity contribution < 1.29 is 4.74 Å². The SMILES string of the molecule is C=C(C)/C=C\C(=C)CN(CC)CCOC. The lowest BCUT2D eigenvalue weighted by Crippen LogP contribution is -2.28. The Morgan fingerprint density at radius 3 is 2.47 bits per heavy atom. The zero-order chi connectivity index (χ0) is 11.7. The smallest absolute Gasteiger partial charge is 0.0589 e. The normalized spacial score (nSPS) is 11.2. The van der Waals surface area contributed by atoms with Gasteiger partial charge in [0.15, 0.2) is 0 Å². The highest BCUT2D eigenvalue weighted by atomic mass is 16.5. The van der Waals surface area contributed by atoms with Crippen LogP contribution in [0.25, 0.3) is 0 Å². The molecule has 0 saturated carbocycles. The van der Waals surface area contributed by atoms with E-state index in [0.29, 0.717) is 0 Å². The molecular weight excluding hydrogens is 186 g/mol. The molecule has 0 aliphatic carbocycles. The first kappa shape index (κ1) is 14.1. The Morgan fingerprint density at radius 1 is 1.33 bits per heavy atom. The Labute approximate surface area is 93.9 Å². The average Bonchev–Trinajstić information content (AvgIpc) is 2.21. The Hall–Kier alpha value is -0.860. The van der Waals surface area contributed by atoms with Crippen LogP contribution in [-0.2, 0) is 4.74 Å². The monoisotopic (exact) mass is 209 g/mol. The second kappa shape index (κ2) is 8.45. The molecule has 0 aliphatic heterocycles. The fourth-order valence-corrected chi connectivity index (χ4v) is 1.17. The minimum atomic E-state index is 0.769. The summed E-state index contributed by atoms with van der Waals surface area (Å²) in [6.45, 7) is 15.6. The molecule has 0 rings (SSSR count). The second-order valence-electron chi connectivity index (χ2n) is 3.70. The third-order valence-electron chi connectivity index (χ3n) is 2.09. The lowest BCUT2D eigenvalue weighted by molar-refractivity contribution is 0.156. The van der Waals surface area contributed by atoms with Crippen molar-refractivity contribution in [3.05, 3.63) is 36.5 Å². The van der Waals surface area contributed by atoms with Crippen LogP contribution in [-0.4, -0.2) is 38.3 Å². The van der Waals surface area contributed by atoms with Gasteiger partial charge in [-0.3, -0.25) is 4.90 Å². The molecule has 0 aromatic heterocycles. The van der Waals surface area contributed by atoms with Crippen LogP contribution in [0.4, 0.5) is 0 Å². The molecule has 0 fully saturated rings. The van der Waals surface area contributed by atoms with Crippen molar-refractivity contribution >= 4 is 0 Å². The van der Waals surface area contributed by atoms with Crippen molar-refractivity contribution in [2.75, 3.05) is 33.4 Å². The van der Waals surface area contributed by atoms with Gasteiger partial charge in [0, 0.05) is 20.2 Å². The summed E-state index contributed by atoms with van der Waals surface area (Å²) >= 11 is 0. The Morgan fingerprint density at radius 2 is 2.00 bits per heavy atom. The molecule has 0 radical (unpaired) electrons. The number of hydrogen-bond acceptors (Lipinski definition) is 2. The Bertz CT molecular complexity index is 231. The highest BCUT2D eigenvalue weighted by molar-refractivity contribution is 5.23. The van der Waals surface area contributed by atoms with Gasteiger partial charge in [0.2, 0.25) is 0 Å². The van der Waals surface area contributed by atoms with Crippen LogP contribution in [0.5, 0.6) is 0 Å². The highest BCUT2D eigenvalue weighted by Crippen LogP contribution is 2.01. The van der Waals surface area contributed by atoms with Gasteiger partial charge in [-0.15, -0.1) is 0 Å². The summed E-state index contributed by atoms with van der Waals surface area (Å²) in [7, 11) is 1.73. The number of nitrogens with zero attached hydrogens (tertiary/aromatic N) is 1. The molecule has 0 spiro atoms. The maximum absolute atomic E-state index is 5.05. The maximum Gasteiger partial charge on any atom is 0.0589 e. The molecule has 0 bridgehead atoms. The molecule has 0 aliphatic rings. The van der Waals surface area contributed by atoms with E-state index in [9.17, 15) is 0 Å². The molecule has 2 nitrogen and oxygen atoms in total. The summed E-state index contributed by atoms with van der Waals surface area (Å²) in [5.41, 5.74) is 2.16. The number of likely N-dealkylation sites (N-methyl/N-ethyl adjacent to an activating group) is 1. The molecule has 0 N–H and O–H groups in total. The number of hydrogen-bond donors (Lipinski definition) is 0. The van der Waals surface area contributed by atoms with Gasteiger partial charge < -0.3 is 4.74 Å². The van der Waals surface area contributed by atoms with Gasteiger partial charge in [-0.1, -0.05) is 37.8 Å². The first-order chi connectivity index (χ1) is 7.10. The van der Waals surface area contributed by atoms with E-state index in [2.05, 4.69) is 25.0 Å². The molecule has 0 aromatic rings. The van der Waals surface area contributed by atoms with Gasteiger partial charge in [0.1, 0.15) is 0 Å². The summed E-state index contributed by atoms with van der Waals surface area (Å²) in [6, 6.07) is 0. The van der Waals surface area contributed by atoms with E-state index in [4.69, 9.17) is 4.74 Å². The summed E-state index contributed by atoms with van der Waals surface area (Å²) in [5.74, 6) is 0. The number of rotatable bonds is 8. The van der Waals surface area contributed by atoms with Gasteiger partial charge in [-0.25, -0.2) is 0 Å². The van der Waals surface area contributed by atoms with Gasteiger partial charge in [-0.05, 0) is 19.0 Å². The largest absolute Gasteiger partial charge is 0.383 e. The Kier molecular flexibility index (Phi) is 7.96. The van der Waals surface area contributed by atoms with E-state index < -0.39 is 0 Å². The van der Waals surface area contributed by atoms with Crippen LogP contribution in [0.15, 0.2) is 36.5 Å². The molecule has 0 saturated heterocycles. The zero-order valence-corrected chi connectivity index (χ0v) is 10.3. The average molecular weight is 209 g/mol. The Balaban J connectivity index is 3.95. The van der Waals surface area contributed by atoms with Crippen molar-refractivity contribution in [1.29, 1.82) is 0 Å². The van der Waals surface area contributed by atoms with Crippen LogP contribution >= 0.6 is 0 Å². The minimum Gasteiger partial charge on any atom is -0.383 e. The van der Waals surface area contributed by atoms with Gasteiger partial charge >= 0.3 is 0 Å². The summed E-state index contributed by atoms with van der Waals surface area (Å²) in [6.07, 6.45) is 4.02. The molecule has 15 heavy (non-hydrogen) atoms. The summed E-state index contributed by atoms with van der Waals surface area (Å²) < 4.78 is 5.05. The van der Waals surface area contributed by atoms with Crippen molar-refractivity contribution in [3.63, 3.8) is 0 Å². The number of ether oxygens (including phenoxy) is 1. The summed E-state index contributed by atoms with van der Waals surface area (Å²) in [4.78, 5) is 2.30. The van der Waals surface area contributed by atoms with Crippen LogP contribution in [0.3, 0.4) is 0 Å². The first-order valence-electron chi connectivity index (χ1n) is 5.32. The minimum absolute atomic E-state index is 0.769. The van der Waals surface area contributed by atoms with Crippen LogP contribution < -0.4 is 0 Å².